The maximum atomic E-state index is 13.7. The van der Waals surface area contributed by atoms with Gasteiger partial charge in [0.1, 0.15) is 22.9 Å². The summed E-state index contributed by atoms with van der Waals surface area (Å²) in [5.74, 6) is -0.201. The molecule has 0 amide bonds. The topological polar surface area (TPSA) is 172 Å². The molecular formula is C20H24BBrF2N8O4. The Balaban J connectivity index is 0.000000200. The third-order valence-electron chi connectivity index (χ3n) is 4.36. The van der Waals surface area contributed by atoms with Crippen LogP contribution in [0.4, 0.5) is 20.2 Å². The minimum absolute atomic E-state index is 0.164. The number of methoxy groups -OCH3 is 2. The first-order valence-electron chi connectivity index (χ1n) is 9.98. The van der Waals surface area contributed by atoms with Gasteiger partial charge in [0.15, 0.2) is 11.5 Å². The lowest BCUT2D eigenvalue weighted by Gasteiger charge is -2.09. The molecule has 4 aromatic rings. The number of ether oxygens (including phenoxy) is 2. The Kier molecular flexibility index (Phi) is 10.1. The van der Waals surface area contributed by atoms with Gasteiger partial charge in [0.25, 0.3) is 0 Å². The number of benzene rings is 2. The van der Waals surface area contributed by atoms with Crippen molar-refractivity contribution in [2.24, 2.45) is 14.1 Å². The maximum Gasteiger partial charge on any atom is 0.511 e. The molecule has 0 aliphatic carbocycles. The maximum absolute atomic E-state index is 13.7. The van der Waals surface area contributed by atoms with Crippen molar-refractivity contribution in [3.05, 3.63) is 52.8 Å². The molecule has 0 radical (unpaired) electrons. The number of anilines is 2. The highest BCUT2D eigenvalue weighted by Crippen LogP contribution is 2.35. The molecule has 36 heavy (non-hydrogen) atoms. The molecule has 192 valence electrons. The average Bonchev–Trinajstić information content (AvgIpc) is 3.47. The van der Waals surface area contributed by atoms with Crippen molar-refractivity contribution in [3.8, 4) is 22.8 Å². The van der Waals surface area contributed by atoms with Gasteiger partial charge >= 0.3 is 7.12 Å². The van der Waals surface area contributed by atoms with Gasteiger partial charge in [0.05, 0.1) is 48.0 Å². The summed E-state index contributed by atoms with van der Waals surface area (Å²) < 4.78 is 36.7. The number of halogens is 3. The van der Waals surface area contributed by atoms with Crippen LogP contribution in [0.1, 0.15) is 0 Å². The molecule has 0 fully saturated rings. The Morgan fingerprint density at radius 1 is 0.861 bits per heavy atom. The SMILES string of the molecule is COc1c(N)ccc(F)c1-c1cnn(C)n1.COc1c(N)ccc(F)c1Br.Cn1ncc(B(O)O)n1. The summed E-state index contributed by atoms with van der Waals surface area (Å²) in [6.07, 6.45) is 2.76. The van der Waals surface area contributed by atoms with Crippen LogP contribution in [0, 0.1) is 11.6 Å². The van der Waals surface area contributed by atoms with Crippen LogP contribution in [0.5, 0.6) is 11.5 Å². The standard InChI is InChI=1S/C10H11FN4O.C7H7BrFNO.C3H6BN3O2/c1-15-13-5-8(14-15)9-6(11)3-4-7(12)10(9)16-2;1-11-7-5(10)3-2-4(9)6(7)8;1-7-5-2-3(6-7)4(8)9/h3-5H,12H2,1-2H3;2-3H,10H2,1H3;2,8-9H,1H3. The highest BCUT2D eigenvalue weighted by Gasteiger charge is 2.17. The molecule has 0 atom stereocenters. The normalized spacial score (nSPS) is 10.0. The summed E-state index contributed by atoms with van der Waals surface area (Å²) in [6, 6.07) is 5.47. The fourth-order valence-corrected chi connectivity index (χ4v) is 3.25. The van der Waals surface area contributed by atoms with Crippen molar-refractivity contribution < 1.29 is 28.3 Å². The van der Waals surface area contributed by atoms with Crippen molar-refractivity contribution in [1.82, 2.24) is 30.0 Å². The van der Waals surface area contributed by atoms with Crippen LogP contribution in [0.2, 0.25) is 0 Å². The van der Waals surface area contributed by atoms with E-state index in [1.54, 1.807) is 14.1 Å². The van der Waals surface area contributed by atoms with Gasteiger partial charge in [-0.05, 0) is 40.2 Å². The molecule has 2 aromatic heterocycles. The summed E-state index contributed by atoms with van der Waals surface area (Å²) >= 11 is 3.01. The van der Waals surface area contributed by atoms with Gasteiger partial charge < -0.3 is 31.0 Å². The molecule has 0 saturated carbocycles. The zero-order valence-electron chi connectivity index (χ0n) is 19.7. The Labute approximate surface area is 213 Å². The predicted octanol–water partition coefficient (Wildman–Crippen LogP) is 0.886. The van der Waals surface area contributed by atoms with E-state index < -0.39 is 12.9 Å². The van der Waals surface area contributed by atoms with Crippen LogP contribution in [0.3, 0.4) is 0 Å². The van der Waals surface area contributed by atoms with Gasteiger partial charge in [0.2, 0.25) is 0 Å². The zero-order chi connectivity index (χ0) is 27.0. The number of nitrogens with two attached hydrogens (primary N) is 2. The van der Waals surface area contributed by atoms with Crippen LogP contribution in [0.25, 0.3) is 11.3 Å². The van der Waals surface area contributed by atoms with Crippen molar-refractivity contribution in [1.29, 1.82) is 0 Å². The second-order valence-corrected chi connectivity index (χ2v) is 7.67. The first-order valence-corrected chi connectivity index (χ1v) is 10.8. The van der Waals surface area contributed by atoms with Crippen LogP contribution < -0.4 is 26.5 Å². The monoisotopic (exact) mass is 568 g/mol. The second-order valence-electron chi connectivity index (χ2n) is 6.88. The Bertz CT molecular complexity index is 1300. The lowest BCUT2D eigenvalue weighted by molar-refractivity contribution is 0.410. The molecule has 2 aromatic carbocycles. The molecule has 4 rings (SSSR count). The van der Waals surface area contributed by atoms with Gasteiger partial charge in [-0.1, -0.05) is 0 Å². The molecule has 0 aliphatic heterocycles. The average molecular weight is 569 g/mol. The quantitative estimate of drug-likeness (QED) is 0.204. The van der Waals surface area contributed by atoms with Crippen LogP contribution >= 0.6 is 15.9 Å². The number of nitrogen functional groups attached to an aromatic ring is 2. The lowest BCUT2D eigenvalue weighted by Crippen LogP contribution is -2.31. The number of hydrogen-bond acceptors (Lipinski definition) is 10. The Morgan fingerprint density at radius 3 is 1.81 bits per heavy atom. The number of hydrogen-bond donors (Lipinski definition) is 4. The van der Waals surface area contributed by atoms with Crippen molar-refractivity contribution in [2.45, 2.75) is 0 Å². The largest absolute Gasteiger partial charge is 0.511 e. The van der Waals surface area contributed by atoms with Crippen molar-refractivity contribution in [2.75, 3.05) is 25.7 Å². The van der Waals surface area contributed by atoms with E-state index >= 15 is 0 Å². The van der Waals surface area contributed by atoms with Crippen LogP contribution in [-0.4, -0.2) is 61.4 Å². The summed E-state index contributed by atoms with van der Waals surface area (Å²) in [5, 5.41) is 32.1. The molecule has 0 bridgehead atoms. The Morgan fingerprint density at radius 2 is 1.39 bits per heavy atom. The number of rotatable bonds is 4. The van der Waals surface area contributed by atoms with E-state index in [4.69, 9.17) is 31.0 Å². The summed E-state index contributed by atoms with van der Waals surface area (Å²) in [5.41, 5.74) is 12.7. The molecule has 0 aliphatic rings. The van der Waals surface area contributed by atoms with Gasteiger partial charge in [-0.3, -0.25) is 0 Å². The fraction of sp³-hybridized carbons (Fsp3) is 0.200. The zero-order valence-corrected chi connectivity index (χ0v) is 21.3. The third kappa shape index (κ3) is 7.13. The van der Waals surface area contributed by atoms with Gasteiger partial charge in [-0.15, -0.1) is 0 Å². The van der Waals surface area contributed by atoms with Gasteiger partial charge in [0, 0.05) is 14.1 Å². The molecule has 16 heteroatoms. The first kappa shape index (κ1) is 28.5. The second kappa shape index (κ2) is 12.8. The summed E-state index contributed by atoms with van der Waals surface area (Å²) in [7, 11) is 4.62. The van der Waals surface area contributed by atoms with Gasteiger partial charge in [-0.2, -0.15) is 30.0 Å². The summed E-state index contributed by atoms with van der Waals surface area (Å²) in [4.78, 5) is 2.60. The lowest BCUT2D eigenvalue weighted by atomic mass is 9.87. The minimum atomic E-state index is -1.52. The first-order chi connectivity index (χ1) is 17.0. The van der Waals surface area contributed by atoms with E-state index in [9.17, 15) is 8.78 Å². The minimum Gasteiger partial charge on any atom is -0.494 e. The van der Waals surface area contributed by atoms with Crippen LogP contribution in [0.15, 0.2) is 41.1 Å². The highest BCUT2D eigenvalue weighted by molar-refractivity contribution is 9.10. The van der Waals surface area contributed by atoms with E-state index in [0.29, 0.717) is 22.8 Å². The fourth-order valence-electron chi connectivity index (χ4n) is 2.73. The van der Waals surface area contributed by atoms with E-state index in [1.807, 2.05) is 0 Å². The van der Waals surface area contributed by atoms with Crippen molar-refractivity contribution in [3.63, 3.8) is 0 Å². The van der Waals surface area contributed by atoms with Crippen molar-refractivity contribution >= 4 is 40.0 Å². The number of aryl methyl sites for hydroxylation is 2. The number of nitrogens with zero attached hydrogens (tertiary/aromatic N) is 6. The Hall–Kier alpha value is -3.76. The molecule has 0 unspecified atom stereocenters. The highest BCUT2D eigenvalue weighted by atomic mass is 79.9. The molecular weight excluding hydrogens is 545 g/mol. The van der Waals surface area contributed by atoms with Gasteiger partial charge in [-0.25, -0.2) is 8.78 Å². The predicted molar refractivity (Wildman–Crippen MR) is 133 cm³/mol. The molecule has 0 saturated heterocycles. The smallest absolute Gasteiger partial charge is 0.494 e. The van der Waals surface area contributed by atoms with E-state index in [1.165, 1.54) is 60.5 Å². The summed E-state index contributed by atoms with van der Waals surface area (Å²) in [6.45, 7) is 0. The number of aromatic nitrogens is 6. The molecule has 0 spiro atoms. The van der Waals surface area contributed by atoms with E-state index in [0.717, 1.165) is 0 Å². The molecule has 2 heterocycles. The molecule has 6 N–H and O–H groups in total. The van der Waals surface area contributed by atoms with E-state index in [2.05, 4.69) is 36.3 Å². The van der Waals surface area contributed by atoms with E-state index in [-0.39, 0.29) is 27.2 Å². The van der Waals surface area contributed by atoms with Crippen LogP contribution in [-0.2, 0) is 14.1 Å². The molecule has 12 nitrogen and oxygen atoms in total. The third-order valence-corrected chi connectivity index (χ3v) is 5.10.